The molecule has 3 rings (SSSR count). The summed E-state index contributed by atoms with van der Waals surface area (Å²) in [4.78, 5) is 26.5. The third kappa shape index (κ3) is 2.55. The first-order chi connectivity index (χ1) is 9.20. The first kappa shape index (κ1) is 13.1. The average Bonchev–Trinajstić information content (AvgIpc) is 2.40. The molecule has 1 spiro atoms. The van der Waals surface area contributed by atoms with Crippen LogP contribution in [0.5, 0.6) is 0 Å². The van der Waals surface area contributed by atoms with E-state index in [4.69, 9.17) is 0 Å². The maximum absolute atomic E-state index is 12.5. The highest BCUT2D eigenvalue weighted by Gasteiger charge is 2.45. The molecule has 4 heteroatoms. The Hall–Kier alpha value is -0.900. The molecule has 2 amide bonds. The van der Waals surface area contributed by atoms with Crippen LogP contribution in [-0.4, -0.2) is 35.8 Å². The summed E-state index contributed by atoms with van der Waals surface area (Å²) in [5, 5.41) is 3.30. The van der Waals surface area contributed by atoms with E-state index in [9.17, 15) is 9.59 Å². The second kappa shape index (κ2) is 5.23. The van der Waals surface area contributed by atoms with Crippen LogP contribution < -0.4 is 5.32 Å². The largest absolute Gasteiger partial charge is 0.315 e. The van der Waals surface area contributed by atoms with Gasteiger partial charge in [-0.15, -0.1) is 0 Å². The molecule has 1 saturated carbocycles. The number of imide groups is 1. The Bertz CT molecular complexity index is 348. The van der Waals surface area contributed by atoms with Crippen LogP contribution in [0.15, 0.2) is 0 Å². The Morgan fingerprint density at radius 1 is 1.00 bits per heavy atom. The van der Waals surface area contributed by atoms with Crippen molar-refractivity contribution in [3.05, 3.63) is 0 Å². The van der Waals surface area contributed by atoms with Gasteiger partial charge in [0.25, 0.3) is 0 Å². The molecule has 0 bridgehead atoms. The van der Waals surface area contributed by atoms with Crippen LogP contribution in [0.2, 0.25) is 0 Å². The number of carbonyl (C=O) groups excluding carboxylic acids is 2. The molecule has 0 aromatic rings. The topological polar surface area (TPSA) is 49.4 Å². The van der Waals surface area contributed by atoms with E-state index in [0.717, 1.165) is 38.8 Å². The van der Waals surface area contributed by atoms with E-state index in [1.165, 1.54) is 19.3 Å². The summed E-state index contributed by atoms with van der Waals surface area (Å²) in [6.07, 6.45) is 9.02. The molecule has 0 aromatic carbocycles. The highest BCUT2D eigenvalue weighted by atomic mass is 16.2. The van der Waals surface area contributed by atoms with E-state index >= 15 is 0 Å². The SMILES string of the molecule is O=C1CC2(CCCCC2)CC(=O)N1C1CCCNC1. The van der Waals surface area contributed by atoms with Gasteiger partial charge in [0.2, 0.25) is 11.8 Å². The molecule has 1 atom stereocenters. The minimum absolute atomic E-state index is 0.0189. The van der Waals surface area contributed by atoms with Crippen molar-refractivity contribution in [1.29, 1.82) is 0 Å². The number of hydrogen-bond acceptors (Lipinski definition) is 3. The Morgan fingerprint density at radius 3 is 2.26 bits per heavy atom. The van der Waals surface area contributed by atoms with Crippen LogP contribution >= 0.6 is 0 Å². The molecule has 1 N–H and O–H groups in total. The summed E-state index contributed by atoms with van der Waals surface area (Å²) < 4.78 is 0. The van der Waals surface area contributed by atoms with Crippen LogP contribution in [-0.2, 0) is 9.59 Å². The lowest BCUT2D eigenvalue weighted by Crippen LogP contribution is -2.56. The predicted molar refractivity (Wildman–Crippen MR) is 72.5 cm³/mol. The van der Waals surface area contributed by atoms with Crippen molar-refractivity contribution >= 4 is 11.8 Å². The van der Waals surface area contributed by atoms with Gasteiger partial charge in [0.05, 0.1) is 6.04 Å². The number of carbonyl (C=O) groups is 2. The van der Waals surface area contributed by atoms with E-state index in [2.05, 4.69) is 5.32 Å². The number of amides is 2. The maximum atomic E-state index is 12.5. The molecule has 2 heterocycles. The van der Waals surface area contributed by atoms with Crippen LogP contribution in [0.25, 0.3) is 0 Å². The molecule has 1 aliphatic carbocycles. The van der Waals surface area contributed by atoms with Gasteiger partial charge in [0.1, 0.15) is 0 Å². The van der Waals surface area contributed by atoms with Crippen LogP contribution in [0.1, 0.15) is 57.8 Å². The predicted octanol–water partition coefficient (Wildman–Crippen LogP) is 1.84. The molecular formula is C15H24N2O2. The zero-order valence-electron chi connectivity index (χ0n) is 11.6. The molecule has 4 nitrogen and oxygen atoms in total. The number of nitrogens with one attached hydrogen (secondary N) is 1. The lowest BCUT2D eigenvalue weighted by atomic mass is 9.67. The molecule has 106 valence electrons. The molecule has 19 heavy (non-hydrogen) atoms. The molecule has 0 aromatic heterocycles. The Labute approximate surface area is 114 Å². The van der Waals surface area contributed by atoms with E-state index in [1.807, 2.05) is 0 Å². The summed E-state index contributed by atoms with van der Waals surface area (Å²) >= 11 is 0. The second-order valence-corrected chi connectivity index (χ2v) is 6.57. The zero-order chi connectivity index (χ0) is 13.3. The van der Waals surface area contributed by atoms with E-state index in [1.54, 1.807) is 4.90 Å². The number of piperidine rings is 2. The molecule has 2 aliphatic heterocycles. The summed E-state index contributed by atoms with van der Waals surface area (Å²) in [6, 6.07) is 0.106. The highest BCUT2D eigenvalue weighted by molar-refractivity contribution is 5.99. The van der Waals surface area contributed by atoms with Crippen molar-refractivity contribution in [3.8, 4) is 0 Å². The van der Waals surface area contributed by atoms with Crippen molar-refractivity contribution in [2.75, 3.05) is 13.1 Å². The number of nitrogens with zero attached hydrogens (tertiary/aromatic N) is 1. The second-order valence-electron chi connectivity index (χ2n) is 6.57. The minimum Gasteiger partial charge on any atom is -0.315 e. The van der Waals surface area contributed by atoms with Crippen molar-refractivity contribution in [2.24, 2.45) is 5.41 Å². The van der Waals surface area contributed by atoms with E-state index < -0.39 is 0 Å². The molecule has 2 saturated heterocycles. The normalized spacial score (nSPS) is 31.8. The van der Waals surface area contributed by atoms with Crippen LogP contribution in [0.4, 0.5) is 0 Å². The van der Waals surface area contributed by atoms with Crippen molar-refractivity contribution < 1.29 is 9.59 Å². The third-order valence-corrected chi connectivity index (χ3v) is 5.14. The van der Waals surface area contributed by atoms with Crippen LogP contribution in [0.3, 0.4) is 0 Å². The Morgan fingerprint density at radius 2 is 1.68 bits per heavy atom. The fraction of sp³-hybridized carbons (Fsp3) is 0.867. The fourth-order valence-electron chi connectivity index (χ4n) is 4.13. The zero-order valence-corrected chi connectivity index (χ0v) is 11.6. The summed E-state index contributed by atoms with van der Waals surface area (Å²) in [7, 11) is 0. The van der Waals surface area contributed by atoms with Gasteiger partial charge in [-0.25, -0.2) is 0 Å². The monoisotopic (exact) mass is 264 g/mol. The summed E-state index contributed by atoms with van der Waals surface area (Å²) in [5.41, 5.74) is 0.0189. The number of hydrogen-bond donors (Lipinski definition) is 1. The first-order valence-corrected chi connectivity index (χ1v) is 7.76. The van der Waals surface area contributed by atoms with Gasteiger partial charge < -0.3 is 5.32 Å². The van der Waals surface area contributed by atoms with Crippen LogP contribution in [0, 0.1) is 5.41 Å². The van der Waals surface area contributed by atoms with Gasteiger partial charge in [-0.05, 0) is 37.6 Å². The lowest BCUT2D eigenvalue weighted by Gasteiger charge is -2.45. The minimum atomic E-state index is 0.0189. The van der Waals surface area contributed by atoms with Gasteiger partial charge in [-0.3, -0.25) is 14.5 Å². The van der Waals surface area contributed by atoms with Gasteiger partial charge in [0.15, 0.2) is 0 Å². The highest BCUT2D eigenvalue weighted by Crippen LogP contribution is 2.45. The molecule has 3 aliphatic rings. The molecule has 3 fully saturated rings. The lowest BCUT2D eigenvalue weighted by molar-refractivity contribution is -0.158. The van der Waals surface area contributed by atoms with Crippen molar-refractivity contribution in [1.82, 2.24) is 10.2 Å². The number of rotatable bonds is 1. The fourth-order valence-corrected chi connectivity index (χ4v) is 4.13. The standard InChI is InChI=1S/C15H24N2O2/c18-13-9-15(6-2-1-3-7-15)10-14(19)17(13)12-5-4-8-16-11-12/h12,16H,1-11H2. The van der Waals surface area contributed by atoms with Crippen molar-refractivity contribution in [3.63, 3.8) is 0 Å². The average molecular weight is 264 g/mol. The molecular weight excluding hydrogens is 240 g/mol. The molecule has 1 unspecified atom stereocenters. The first-order valence-electron chi connectivity index (χ1n) is 7.76. The van der Waals surface area contributed by atoms with Gasteiger partial charge in [-0.2, -0.15) is 0 Å². The van der Waals surface area contributed by atoms with Gasteiger partial charge in [0, 0.05) is 19.4 Å². The Kier molecular flexibility index (Phi) is 3.61. The molecule has 0 radical (unpaired) electrons. The quantitative estimate of drug-likeness (QED) is 0.735. The third-order valence-electron chi connectivity index (χ3n) is 5.14. The van der Waals surface area contributed by atoms with E-state index in [0.29, 0.717) is 12.8 Å². The maximum Gasteiger partial charge on any atom is 0.230 e. The number of likely N-dealkylation sites (tertiary alicyclic amines) is 1. The van der Waals surface area contributed by atoms with Gasteiger partial charge >= 0.3 is 0 Å². The van der Waals surface area contributed by atoms with Gasteiger partial charge in [-0.1, -0.05) is 19.3 Å². The summed E-state index contributed by atoms with van der Waals surface area (Å²) in [5.74, 6) is 0.179. The van der Waals surface area contributed by atoms with E-state index in [-0.39, 0.29) is 23.3 Å². The summed E-state index contributed by atoms with van der Waals surface area (Å²) in [6.45, 7) is 1.79. The smallest absolute Gasteiger partial charge is 0.230 e. The Balaban J connectivity index is 1.72. The van der Waals surface area contributed by atoms with Crippen molar-refractivity contribution in [2.45, 2.75) is 63.8 Å².